The number of hydrogen-bond acceptors (Lipinski definition) is 2. The molecule has 0 saturated carbocycles. The van der Waals surface area contributed by atoms with Crippen LogP contribution in [0, 0.1) is 5.92 Å². The summed E-state index contributed by atoms with van der Waals surface area (Å²) in [5.74, 6) is 7.32. The molecule has 0 aromatic carbocycles. The van der Waals surface area contributed by atoms with Crippen molar-refractivity contribution in [3.8, 4) is 0 Å². The summed E-state index contributed by atoms with van der Waals surface area (Å²) in [4.78, 5) is 6.84. The van der Waals surface area contributed by atoms with Crippen LogP contribution in [0.2, 0.25) is 0 Å². The van der Waals surface area contributed by atoms with Gasteiger partial charge in [0.15, 0.2) is 0 Å². The Kier molecular flexibility index (Phi) is 6.34. The third-order valence-corrected chi connectivity index (χ3v) is 3.35. The molecule has 0 spiro atoms. The fourth-order valence-electron chi connectivity index (χ4n) is 2.53. The van der Waals surface area contributed by atoms with Gasteiger partial charge in [0.05, 0.1) is 0 Å². The normalized spacial score (nSPS) is 22.8. The number of hydrazine groups is 1. The summed E-state index contributed by atoms with van der Waals surface area (Å²) >= 11 is 0. The maximum absolute atomic E-state index is 5.57. The molecule has 0 aromatic heterocycles. The summed E-state index contributed by atoms with van der Waals surface area (Å²) in [6.45, 7) is 8.59. The van der Waals surface area contributed by atoms with E-state index in [1.54, 1.807) is 0 Å². The summed E-state index contributed by atoms with van der Waals surface area (Å²) in [5.41, 5.74) is 2.75. The highest BCUT2D eigenvalue weighted by Gasteiger charge is 2.18. The lowest BCUT2D eigenvalue weighted by Crippen LogP contribution is -2.45. The summed E-state index contributed by atoms with van der Waals surface area (Å²) in [7, 11) is 0. The van der Waals surface area contributed by atoms with Crippen LogP contribution in [0.1, 0.15) is 52.9 Å². The van der Waals surface area contributed by atoms with Gasteiger partial charge in [-0.25, -0.2) is 10.8 Å². The molecule has 3 N–H and O–H groups in total. The Balaban J connectivity index is 2.54. The average Bonchev–Trinajstić information content (AvgIpc) is 2.52. The molecule has 100 valence electrons. The van der Waals surface area contributed by atoms with Crippen molar-refractivity contribution in [2.24, 2.45) is 16.8 Å². The van der Waals surface area contributed by atoms with E-state index >= 15 is 0 Å². The van der Waals surface area contributed by atoms with Gasteiger partial charge in [0.1, 0.15) is 0 Å². The van der Waals surface area contributed by atoms with E-state index in [1.165, 1.54) is 32.1 Å². The van der Waals surface area contributed by atoms with Crippen molar-refractivity contribution in [1.29, 1.82) is 0 Å². The second-order valence-electron chi connectivity index (χ2n) is 5.26. The molecule has 4 nitrogen and oxygen atoms in total. The second kappa shape index (κ2) is 7.54. The van der Waals surface area contributed by atoms with Crippen molar-refractivity contribution in [3.63, 3.8) is 0 Å². The van der Waals surface area contributed by atoms with Crippen LogP contribution in [0.4, 0.5) is 0 Å². The minimum absolute atomic E-state index is 0.288. The maximum atomic E-state index is 5.57. The Labute approximate surface area is 106 Å². The van der Waals surface area contributed by atoms with E-state index in [1.807, 2.05) is 0 Å². The van der Waals surface area contributed by atoms with Gasteiger partial charge >= 0.3 is 0 Å². The maximum Gasteiger partial charge on any atom is 0.208 e. The number of likely N-dealkylation sites (tertiary alicyclic amines) is 1. The van der Waals surface area contributed by atoms with E-state index in [2.05, 4.69) is 36.1 Å². The van der Waals surface area contributed by atoms with Crippen molar-refractivity contribution in [3.05, 3.63) is 0 Å². The summed E-state index contributed by atoms with van der Waals surface area (Å²) in [5, 5.41) is 0. The number of aliphatic imine (C=N–C) groups is 1. The van der Waals surface area contributed by atoms with Crippen LogP contribution in [0.15, 0.2) is 4.99 Å². The number of nitrogens with two attached hydrogens (primary N) is 1. The minimum atomic E-state index is 0.288. The molecular weight excluding hydrogens is 212 g/mol. The minimum Gasteiger partial charge on any atom is -0.342 e. The van der Waals surface area contributed by atoms with Crippen LogP contribution >= 0.6 is 0 Å². The molecular formula is C13H28N4. The first-order valence-electron chi connectivity index (χ1n) is 6.96. The van der Waals surface area contributed by atoms with Crippen LogP contribution in [0.3, 0.4) is 0 Å². The fraction of sp³-hybridized carbons (Fsp3) is 0.923. The van der Waals surface area contributed by atoms with Crippen LogP contribution in [-0.4, -0.2) is 30.0 Å². The van der Waals surface area contributed by atoms with Crippen molar-refractivity contribution >= 4 is 5.96 Å². The highest BCUT2D eigenvalue weighted by Crippen LogP contribution is 2.21. The Morgan fingerprint density at radius 2 is 2.18 bits per heavy atom. The van der Waals surface area contributed by atoms with Crippen LogP contribution in [-0.2, 0) is 0 Å². The summed E-state index contributed by atoms with van der Waals surface area (Å²) in [6, 6.07) is 0.288. The molecule has 1 aliphatic heterocycles. The standard InChI is InChI=1S/C13H28N4/c1-4-6-12-7-5-9-17(10-8-12)13(16-14)15-11(2)3/h11-12H,4-10,14H2,1-3H3,(H,15,16). The molecule has 0 amide bonds. The smallest absolute Gasteiger partial charge is 0.208 e. The molecule has 0 aromatic rings. The monoisotopic (exact) mass is 240 g/mol. The first-order chi connectivity index (χ1) is 8.17. The van der Waals surface area contributed by atoms with Gasteiger partial charge in [0.25, 0.3) is 0 Å². The highest BCUT2D eigenvalue weighted by molar-refractivity contribution is 5.79. The highest BCUT2D eigenvalue weighted by atomic mass is 15.4. The largest absolute Gasteiger partial charge is 0.342 e. The molecule has 17 heavy (non-hydrogen) atoms. The van der Waals surface area contributed by atoms with E-state index in [0.717, 1.165) is 25.0 Å². The predicted molar refractivity (Wildman–Crippen MR) is 73.7 cm³/mol. The summed E-state index contributed by atoms with van der Waals surface area (Å²) in [6.07, 6.45) is 6.53. The van der Waals surface area contributed by atoms with Gasteiger partial charge in [-0.2, -0.15) is 0 Å². The lowest BCUT2D eigenvalue weighted by Gasteiger charge is -2.24. The summed E-state index contributed by atoms with van der Waals surface area (Å²) < 4.78 is 0. The van der Waals surface area contributed by atoms with E-state index in [-0.39, 0.29) is 6.04 Å². The first kappa shape index (κ1) is 14.3. The zero-order valence-electron chi connectivity index (χ0n) is 11.6. The topological polar surface area (TPSA) is 53.6 Å². The van der Waals surface area contributed by atoms with Crippen molar-refractivity contribution < 1.29 is 0 Å². The number of nitrogens with zero attached hydrogens (tertiary/aromatic N) is 2. The molecule has 1 fully saturated rings. The predicted octanol–water partition coefficient (Wildman–Crippen LogP) is 2.12. The van der Waals surface area contributed by atoms with Crippen molar-refractivity contribution in [2.75, 3.05) is 13.1 Å². The number of nitrogens with one attached hydrogen (secondary N) is 1. The molecule has 1 rings (SSSR count). The zero-order valence-corrected chi connectivity index (χ0v) is 11.6. The molecule has 1 unspecified atom stereocenters. The molecule has 1 heterocycles. The SMILES string of the molecule is CCCC1CCCN(C(=NC(C)C)NN)CC1. The number of guanidine groups is 1. The number of rotatable bonds is 3. The Morgan fingerprint density at radius 1 is 1.41 bits per heavy atom. The second-order valence-corrected chi connectivity index (χ2v) is 5.26. The van der Waals surface area contributed by atoms with Gasteiger partial charge in [-0.15, -0.1) is 0 Å². The lowest BCUT2D eigenvalue weighted by atomic mass is 9.96. The van der Waals surface area contributed by atoms with Gasteiger partial charge in [-0.3, -0.25) is 5.43 Å². The molecule has 1 saturated heterocycles. The molecule has 0 radical (unpaired) electrons. The molecule has 1 atom stereocenters. The van der Waals surface area contributed by atoms with E-state index in [0.29, 0.717) is 0 Å². The molecule has 0 aliphatic carbocycles. The average molecular weight is 240 g/mol. The fourth-order valence-corrected chi connectivity index (χ4v) is 2.53. The van der Waals surface area contributed by atoms with Gasteiger partial charge in [-0.05, 0) is 39.0 Å². The molecule has 0 bridgehead atoms. The van der Waals surface area contributed by atoms with Gasteiger partial charge < -0.3 is 4.90 Å². The Hall–Kier alpha value is -0.770. The van der Waals surface area contributed by atoms with E-state index < -0.39 is 0 Å². The van der Waals surface area contributed by atoms with Gasteiger partial charge in [-0.1, -0.05) is 19.8 Å². The van der Waals surface area contributed by atoms with Gasteiger partial charge in [0.2, 0.25) is 5.96 Å². The van der Waals surface area contributed by atoms with Crippen LogP contribution in [0.25, 0.3) is 0 Å². The quantitative estimate of drug-likeness (QED) is 0.344. The van der Waals surface area contributed by atoms with Gasteiger partial charge in [0, 0.05) is 19.1 Å². The van der Waals surface area contributed by atoms with Crippen LogP contribution in [0.5, 0.6) is 0 Å². The molecule has 1 aliphatic rings. The molecule has 4 heteroatoms. The Morgan fingerprint density at radius 3 is 2.76 bits per heavy atom. The van der Waals surface area contributed by atoms with Crippen LogP contribution < -0.4 is 11.3 Å². The zero-order chi connectivity index (χ0) is 12.7. The van der Waals surface area contributed by atoms with E-state index in [4.69, 9.17) is 5.84 Å². The third kappa shape index (κ3) is 4.94. The van der Waals surface area contributed by atoms with E-state index in [9.17, 15) is 0 Å². The first-order valence-corrected chi connectivity index (χ1v) is 6.96. The van der Waals surface area contributed by atoms with Crippen molar-refractivity contribution in [2.45, 2.75) is 58.9 Å². The Bertz CT molecular complexity index is 238. The third-order valence-electron chi connectivity index (χ3n) is 3.35. The lowest BCUT2D eigenvalue weighted by molar-refractivity contribution is 0.391. The van der Waals surface area contributed by atoms with Crippen molar-refractivity contribution in [1.82, 2.24) is 10.3 Å². The number of hydrogen-bond donors (Lipinski definition) is 2.